The zero-order chi connectivity index (χ0) is 13.4. The van der Waals surface area contributed by atoms with Crippen LogP contribution in [-0.2, 0) is 9.59 Å². The van der Waals surface area contributed by atoms with Crippen LogP contribution in [0, 0.1) is 11.8 Å². The molecule has 17 heavy (non-hydrogen) atoms. The molecule has 0 radical (unpaired) electrons. The lowest BCUT2D eigenvalue weighted by Crippen LogP contribution is -2.39. The van der Waals surface area contributed by atoms with E-state index >= 15 is 0 Å². The van der Waals surface area contributed by atoms with Crippen molar-refractivity contribution in [2.45, 2.75) is 46.1 Å². The highest BCUT2D eigenvalue weighted by atomic mass is 16.4. The lowest BCUT2D eigenvalue weighted by Gasteiger charge is -2.16. The summed E-state index contributed by atoms with van der Waals surface area (Å²) in [5.41, 5.74) is 5.62. The van der Waals surface area contributed by atoms with Crippen LogP contribution in [0.25, 0.3) is 0 Å². The van der Waals surface area contributed by atoms with E-state index in [0.717, 1.165) is 6.42 Å². The molecule has 0 aliphatic rings. The summed E-state index contributed by atoms with van der Waals surface area (Å²) in [4.78, 5) is 21.9. The Balaban J connectivity index is 3.69. The van der Waals surface area contributed by atoms with Gasteiger partial charge in [-0.15, -0.1) is 0 Å². The molecular weight excluding hydrogens is 220 g/mol. The number of hydrogen-bond acceptors (Lipinski definition) is 3. The van der Waals surface area contributed by atoms with Gasteiger partial charge in [-0.05, 0) is 25.7 Å². The van der Waals surface area contributed by atoms with Gasteiger partial charge < -0.3 is 16.2 Å². The molecule has 100 valence electrons. The molecule has 0 aromatic carbocycles. The van der Waals surface area contributed by atoms with Crippen molar-refractivity contribution in [3.05, 3.63) is 0 Å². The third-order valence-electron chi connectivity index (χ3n) is 2.99. The molecular formula is C12H24N2O3. The molecule has 0 aromatic rings. The zero-order valence-electron chi connectivity index (χ0n) is 10.9. The van der Waals surface area contributed by atoms with Crippen molar-refractivity contribution in [1.82, 2.24) is 5.32 Å². The topological polar surface area (TPSA) is 92.4 Å². The van der Waals surface area contributed by atoms with Crippen molar-refractivity contribution in [1.29, 1.82) is 0 Å². The van der Waals surface area contributed by atoms with Gasteiger partial charge in [0.2, 0.25) is 5.91 Å². The van der Waals surface area contributed by atoms with Gasteiger partial charge in [0.05, 0.1) is 0 Å². The Morgan fingerprint density at radius 2 is 1.82 bits per heavy atom. The fraction of sp³-hybridized carbons (Fsp3) is 0.833. The molecule has 1 amide bonds. The van der Waals surface area contributed by atoms with E-state index in [-0.39, 0.29) is 24.3 Å². The van der Waals surface area contributed by atoms with E-state index in [0.29, 0.717) is 18.9 Å². The minimum Gasteiger partial charge on any atom is -0.481 e. The van der Waals surface area contributed by atoms with Crippen LogP contribution in [0.2, 0.25) is 0 Å². The second kappa shape index (κ2) is 8.06. The molecule has 0 aliphatic heterocycles. The number of aliphatic carboxylic acids is 1. The number of rotatable bonds is 8. The van der Waals surface area contributed by atoms with Gasteiger partial charge in [0.25, 0.3) is 0 Å². The molecule has 0 bridgehead atoms. The predicted molar refractivity (Wildman–Crippen MR) is 66.5 cm³/mol. The number of nitrogens with two attached hydrogens (primary N) is 1. The summed E-state index contributed by atoms with van der Waals surface area (Å²) in [5, 5.41) is 11.3. The van der Waals surface area contributed by atoms with Crippen LogP contribution in [-0.4, -0.2) is 29.6 Å². The van der Waals surface area contributed by atoms with Gasteiger partial charge in [-0.2, -0.15) is 0 Å². The Morgan fingerprint density at radius 1 is 1.24 bits per heavy atom. The van der Waals surface area contributed by atoms with Crippen LogP contribution in [0.1, 0.15) is 40.0 Å². The molecule has 0 rings (SSSR count). The minimum absolute atomic E-state index is 0.0366. The first-order valence-corrected chi connectivity index (χ1v) is 6.09. The van der Waals surface area contributed by atoms with Crippen molar-refractivity contribution >= 4 is 11.9 Å². The number of amides is 1. The molecule has 4 N–H and O–H groups in total. The molecule has 5 heteroatoms. The molecule has 3 atom stereocenters. The van der Waals surface area contributed by atoms with Gasteiger partial charge in [0, 0.05) is 24.9 Å². The highest BCUT2D eigenvalue weighted by Crippen LogP contribution is 2.09. The van der Waals surface area contributed by atoms with E-state index in [1.54, 1.807) is 13.8 Å². The summed E-state index contributed by atoms with van der Waals surface area (Å²) in [5.74, 6) is -0.696. The summed E-state index contributed by atoms with van der Waals surface area (Å²) in [6.45, 7) is 6.17. The first kappa shape index (κ1) is 15.9. The maximum atomic E-state index is 11.5. The Bertz CT molecular complexity index is 254. The number of carbonyl (C=O) groups excluding carboxylic acids is 1. The van der Waals surface area contributed by atoms with Crippen LogP contribution < -0.4 is 11.1 Å². The number of nitrogens with one attached hydrogen (secondary N) is 1. The van der Waals surface area contributed by atoms with Gasteiger partial charge >= 0.3 is 5.97 Å². The Labute approximate surface area is 103 Å². The standard InChI is InChI=1S/C12H24N2O3/c1-8(4-5-11(15)16)6-7-14-12(17)9(2)10(3)13/h8-10H,4-7,13H2,1-3H3,(H,14,17)(H,15,16). The van der Waals surface area contributed by atoms with Crippen LogP contribution in [0.4, 0.5) is 0 Å². The normalized spacial score (nSPS) is 16.0. The molecule has 0 saturated carbocycles. The van der Waals surface area contributed by atoms with Crippen molar-refractivity contribution in [3.8, 4) is 0 Å². The third kappa shape index (κ3) is 7.74. The van der Waals surface area contributed by atoms with Gasteiger partial charge in [0.1, 0.15) is 0 Å². The quantitative estimate of drug-likeness (QED) is 0.593. The first-order valence-electron chi connectivity index (χ1n) is 6.09. The summed E-state index contributed by atoms with van der Waals surface area (Å²) in [6, 6.07) is -0.153. The minimum atomic E-state index is -0.772. The monoisotopic (exact) mass is 244 g/mol. The molecule has 0 aromatic heterocycles. The summed E-state index contributed by atoms with van der Waals surface area (Å²) < 4.78 is 0. The van der Waals surface area contributed by atoms with E-state index in [1.807, 2.05) is 6.92 Å². The van der Waals surface area contributed by atoms with E-state index in [2.05, 4.69) is 5.32 Å². The van der Waals surface area contributed by atoms with Crippen LogP contribution in [0.5, 0.6) is 0 Å². The molecule has 0 spiro atoms. The average Bonchev–Trinajstić information content (AvgIpc) is 2.24. The Morgan fingerprint density at radius 3 is 2.29 bits per heavy atom. The second-order valence-corrected chi connectivity index (χ2v) is 4.77. The van der Waals surface area contributed by atoms with Crippen molar-refractivity contribution in [2.75, 3.05) is 6.54 Å². The summed E-state index contributed by atoms with van der Waals surface area (Å²) in [7, 11) is 0. The van der Waals surface area contributed by atoms with E-state index < -0.39 is 5.97 Å². The number of carboxylic acid groups (broad SMARTS) is 1. The zero-order valence-corrected chi connectivity index (χ0v) is 10.9. The van der Waals surface area contributed by atoms with Crippen LogP contribution in [0.3, 0.4) is 0 Å². The molecule has 0 saturated heterocycles. The van der Waals surface area contributed by atoms with E-state index in [1.165, 1.54) is 0 Å². The van der Waals surface area contributed by atoms with E-state index in [4.69, 9.17) is 10.8 Å². The first-order chi connectivity index (χ1) is 7.84. The molecule has 5 nitrogen and oxygen atoms in total. The fourth-order valence-corrected chi connectivity index (χ4v) is 1.36. The van der Waals surface area contributed by atoms with Crippen molar-refractivity contribution in [3.63, 3.8) is 0 Å². The lowest BCUT2D eigenvalue weighted by molar-refractivity contribution is -0.137. The predicted octanol–water partition coefficient (Wildman–Crippen LogP) is 0.977. The number of carbonyl (C=O) groups is 2. The SMILES string of the molecule is CC(CCNC(=O)C(C)C(C)N)CCC(=O)O. The highest BCUT2D eigenvalue weighted by Gasteiger charge is 2.16. The van der Waals surface area contributed by atoms with Crippen LogP contribution in [0.15, 0.2) is 0 Å². The van der Waals surface area contributed by atoms with Gasteiger partial charge in [-0.1, -0.05) is 13.8 Å². The van der Waals surface area contributed by atoms with Gasteiger partial charge in [-0.3, -0.25) is 9.59 Å². The molecule has 3 unspecified atom stereocenters. The smallest absolute Gasteiger partial charge is 0.303 e. The average molecular weight is 244 g/mol. The highest BCUT2D eigenvalue weighted by molar-refractivity contribution is 5.78. The van der Waals surface area contributed by atoms with Gasteiger partial charge in [0.15, 0.2) is 0 Å². The number of carboxylic acids is 1. The van der Waals surface area contributed by atoms with Crippen molar-refractivity contribution < 1.29 is 14.7 Å². The van der Waals surface area contributed by atoms with Crippen LogP contribution >= 0.6 is 0 Å². The van der Waals surface area contributed by atoms with E-state index in [9.17, 15) is 9.59 Å². The summed E-state index contributed by atoms with van der Waals surface area (Å²) in [6.07, 6.45) is 1.63. The lowest BCUT2D eigenvalue weighted by atomic mass is 10.0. The van der Waals surface area contributed by atoms with Gasteiger partial charge in [-0.25, -0.2) is 0 Å². The molecule has 0 heterocycles. The maximum absolute atomic E-state index is 11.5. The number of hydrogen-bond donors (Lipinski definition) is 3. The Hall–Kier alpha value is -1.10. The molecule has 0 fully saturated rings. The fourth-order valence-electron chi connectivity index (χ4n) is 1.36. The second-order valence-electron chi connectivity index (χ2n) is 4.77. The largest absolute Gasteiger partial charge is 0.481 e. The third-order valence-corrected chi connectivity index (χ3v) is 2.99. The van der Waals surface area contributed by atoms with Crippen molar-refractivity contribution in [2.24, 2.45) is 17.6 Å². The summed E-state index contributed by atoms with van der Waals surface area (Å²) >= 11 is 0. The molecule has 0 aliphatic carbocycles. The Kier molecular flexibility index (Phi) is 7.54. The maximum Gasteiger partial charge on any atom is 0.303 e.